The summed E-state index contributed by atoms with van der Waals surface area (Å²) >= 11 is 0. The third-order valence-electron chi connectivity index (χ3n) is 4.34. The van der Waals surface area contributed by atoms with Crippen LogP contribution in [0.1, 0.15) is 25.5 Å². The highest BCUT2D eigenvalue weighted by atomic mass is 16.3. The Morgan fingerprint density at radius 1 is 1.17 bits per heavy atom. The Kier molecular flexibility index (Phi) is 7.97. The number of aliphatic imine (C=N–C) groups is 1. The summed E-state index contributed by atoms with van der Waals surface area (Å²) in [6, 6.07) is 3.85. The maximum absolute atomic E-state index is 5.30. The SMILES string of the molecule is CCN1CCN(CCCCNC(=NC)NCc2ccco2)CC1. The summed E-state index contributed by atoms with van der Waals surface area (Å²) < 4.78 is 5.30. The summed E-state index contributed by atoms with van der Waals surface area (Å²) in [6.07, 6.45) is 4.08. The van der Waals surface area contributed by atoms with Crippen molar-refractivity contribution < 1.29 is 4.42 Å². The molecule has 2 N–H and O–H groups in total. The number of piperazine rings is 1. The zero-order valence-corrected chi connectivity index (χ0v) is 14.6. The third-order valence-corrected chi connectivity index (χ3v) is 4.34. The molecule has 130 valence electrons. The minimum absolute atomic E-state index is 0.661. The van der Waals surface area contributed by atoms with Crippen LogP contribution in [0, 0.1) is 0 Å². The molecule has 0 bridgehead atoms. The van der Waals surface area contributed by atoms with E-state index in [9.17, 15) is 0 Å². The minimum Gasteiger partial charge on any atom is -0.467 e. The fourth-order valence-electron chi connectivity index (χ4n) is 2.80. The molecule has 1 aliphatic rings. The predicted octanol–water partition coefficient (Wildman–Crippen LogP) is 1.36. The Labute approximate surface area is 139 Å². The Bertz CT molecular complexity index is 438. The van der Waals surface area contributed by atoms with Crippen LogP contribution >= 0.6 is 0 Å². The maximum Gasteiger partial charge on any atom is 0.191 e. The van der Waals surface area contributed by atoms with Gasteiger partial charge in [-0.25, -0.2) is 0 Å². The van der Waals surface area contributed by atoms with Gasteiger partial charge in [0.25, 0.3) is 0 Å². The number of furan rings is 1. The lowest BCUT2D eigenvalue weighted by molar-refractivity contribution is 0.136. The molecule has 0 spiro atoms. The standard InChI is InChI=1S/C17H31N5O/c1-3-21-10-12-22(13-11-21)9-5-4-8-19-17(18-2)20-15-16-7-6-14-23-16/h6-7,14H,3-5,8-13,15H2,1-2H3,(H2,18,19,20). The van der Waals surface area contributed by atoms with Crippen LogP contribution < -0.4 is 10.6 Å². The summed E-state index contributed by atoms with van der Waals surface area (Å²) in [5.74, 6) is 1.75. The first kappa shape index (κ1) is 17.8. The molecule has 1 aromatic rings. The first-order valence-electron chi connectivity index (χ1n) is 8.73. The molecule has 2 heterocycles. The first-order chi connectivity index (χ1) is 11.3. The van der Waals surface area contributed by atoms with Crippen molar-refractivity contribution in [1.82, 2.24) is 20.4 Å². The van der Waals surface area contributed by atoms with Gasteiger partial charge in [-0.15, -0.1) is 0 Å². The Balaban J connectivity index is 1.50. The van der Waals surface area contributed by atoms with Crippen molar-refractivity contribution in [3.8, 4) is 0 Å². The summed E-state index contributed by atoms with van der Waals surface area (Å²) in [5.41, 5.74) is 0. The van der Waals surface area contributed by atoms with Crippen LogP contribution in [0.5, 0.6) is 0 Å². The summed E-state index contributed by atoms with van der Waals surface area (Å²) in [6.45, 7) is 11.1. The molecule has 2 rings (SSSR count). The number of nitrogens with zero attached hydrogens (tertiary/aromatic N) is 3. The number of nitrogens with one attached hydrogen (secondary N) is 2. The van der Waals surface area contributed by atoms with Gasteiger partial charge in [-0.2, -0.15) is 0 Å². The highest BCUT2D eigenvalue weighted by molar-refractivity contribution is 5.79. The van der Waals surface area contributed by atoms with Crippen LogP contribution in [-0.2, 0) is 6.54 Å². The second-order valence-corrected chi connectivity index (χ2v) is 5.91. The second kappa shape index (κ2) is 10.3. The lowest BCUT2D eigenvalue weighted by Gasteiger charge is -2.34. The monoisotopic (exact) mass is 321 g/mol. The molecule has 1 saturated heterocycles. The molecule has 0 aromatic carbocycles. The van der Waals surface area contributed by atoms with E-state index in [1.54, 1.807) is 13.3 Å². The van der Waals surface area contributed by atoms with Gasteiger partial charge in [-0.1, -0.05) is 6.92 Å². The third kappa shape index (κ3) is 6.62. The number of hydrogen-bond acceptors (Lipinski definition) is 4. The molecular weight excluding hydrogens is 290 g/mol. The van der Waals surface area contributed by atoms with Crippen molar-refractivity contribution in [3.63, 3.8) is 0 Å². The lowest BCUT2D eigenvalue weighted by Crippen LogP contribution is -2.46. The first-order valence-corrected chi connectivity index (χ1v) is 8.73. The van der Waals surface area contributed by atoms with Crippen LogP contribution in [0.4, 0.5) is 0 Å². The van der Waals surface area contributed by atoms with Crippen molar-refractivity contribution in [2.24, 2.45) is 4.99 Å². The Hall–Kier alpha value is -1.53. The largest absolute Gasteiger partial charge is 0.467 e. The van der Waals surface area contributed by atoms with Gasteiger partial charge < -0.3 is 24.9 Å². The van der Waals surface area contributed by atoms with Crippen molar-refractivity contribution >= 4 is 5.96 Å². The number of guanidine groups is 1. The second-order valence-electron chi connectivity index (χ2n) is 5.91. The smallest absolute Gasteiger partial charge is 0.191 e. The molecule has 6 nitrogen and oxygen atoms in total. The predicted molar refractivity (Wildman–Crippen MR) is 94.7 cm³/mol. The molecule has 0 unspecified atom stereocenters. The number of rotatable bonds is 8. The number of likely N-dealkylation sites (N-methyl/N-ethyl adjacent to an activating group) is 1. The van der Waals surface area contributed by atoms with Gasteiger partial charge in [0, 0.05) is 39.8 Å². The number of unbranched alkanes of at least 4 members (excludes halogenated alkanes) is 1. The van der Waals surface area contributed by atoms with Crippen molar-refractivity contribution in [1.29, 1.82) is 0 Å². The van der Waals surface area contributed by atoms with E-state index in [2.05, 4.69) is 32.3 Å². The molecule has 23 heavy (non-hydrogen) atoms. The van der Waals surface area contributed by atoms with Crippen LogP contribution in [0.2, 0.25) is 0 Å². The van der Waals surface area contributed by atoms with Crippen LogP contribution in [0.15, 0.2) is 27.8 Å². The molecule has 1 aliphatic heterocycles. The van der Waals surface area contributed by atoms with E-state index in [1.807, 2.05) is 12.1 Å². The van der Waals surface area contributed by atoms with Gasteiger partial charge in [0.1, 0.15) is 5.76 Å². The molecular formula is C17H31N5O. The normalized spacial score (nSPS) is 17.4. The van der Waals surface area contributed by atoms with Gasteiger partial charge in [0.05, 0.1) is 12.8 Å². The lowest BCUT2D eigenvalue weighted by atomic mass is 10.2. The van der Waals surface area contributed by atoms with Gasteiger partial charge in [-0.05, 0) is 38.1 Å². The summed E-state index contributed by atoms with van der Waals surface area (Å²) in [4.78, 5) is 9.33. The zero-order valence-electron chi connectivity index (χ0n) is 14.6. The molecule has 0 radical (unpaired) electrons. The van der Waals surface area contributed by atoms with Gasteiger partial charge >= 0.3 is 0 Å². The van der Waals surface area contributed by atoms with Crippen LogP contribution in [0.3, 0.4) is 0 Å². The van der Waals surface area contributed by atoms with E-state index < -0.39 is 0 Å². The molecule has 1 aromatic heterocycles. The minimum atomic E-state index is 0.661. The molecule has 0 saturated carbocycles. The molecule has 0 aliphatic carbocycles. The Morgan fingerprint density at radius 3 is 2.61 bits per heavy atom. The molecule has 0 atom stereocenters. The molecule has 1 fully saturated rings. The highest BCUT2D eigenvalue weighted by Gasteiger charge is 2.14. The summed E-state index contributed by atoms with van der Waals surface area (Å²) in [5, 5.41) is 6.61. The van der Waals surface area contributed by atoms with Gasteiger partial charge in [-0.3, -0.25) is 4.99 Å². The zero-order chi connectivity index (χ0) is 16.3. The van der Waals surface area contributed by atoms with Gasteiger partial charge in [0.15, 0.2) is 5.96 Å². The number of hydrogen-bond donors (Lipinski definition) is 2. The van der Waals surface area contributed by atoms with E-state index in [-0.39, 0.29) is 0 Å². The van der Waals surface area contributed by atoms with E-state index in [0.29, 0.717) is 6.54 Å². The van der Waals surface area contributed by atoms with Crippen molar-refractivity contribution in [3.05, 3.63) is 24.2 Å². The van der Waals surface area contributed by atoms with E-state index in [0.717, 1.165) is 24.7 Å². The average molecular weight is 321 g/mol. The van der Waals surface area contributed by atoms with Gasteiger partial charge in [0.2, 0.25) is 0 Å². The highest BCUT2D eigenvalue weighted by Crippen LogP contribution is 2.03. The molecule has 6 heteroatoms. The Morgan fingerprint density at radius 2 is 1.96 bits per heavy atom. The quantitative estimate of drug-likeness (QED) is 0.430. The van der Waals surface area contributed by atoms with Crippen LogP contribution in [0.25, 0.3) is 0 Å². The van der Waals surface area contributed by atoms with E-state index in [4.69, 9.17) is 4.42 Å². The average Bonchev–Trinajstić information content (AvgIpc) is 3.11. The fraction of sp³-hybridized carbons (Fsp3) is 0.706. The maximum atomic E-state index is 5.30. The molecule has 0 amide bonds. The van der Waals surface area contributed by atoms with Crippen LogP contribution in [-0.4, -0.2) is 68.6 Å². The van der Waals surface area contributed by atoms with E-state index >= 15 is 0 Å². The van der Waals surface area contributed by atoms with E-state index in [1.165, 1.54) is 45.7 Å². The van der Waals surface area contributed by atoms with Crippen molar-refractivity contribution in [2.45, 2.75) is 26.3 Å². The fourth-order valence-corrected chi connectivity index (χ4v) is 2.80. The summed E-state index contributed by atoms with van der Waals surface area (Å²) in [7, 11) is 1.80. The topological polar surface area (TPSA) is 56.0 Å². The van der Waals surface area contributed by atoms with Crippen molar-refractivity contribution in [2.75, 3.05) is 52.9 Å².